The van der Waals surface area contributed by atoms with Crippen LogP contribution in [-0.2, 0) is 29.3 Å². The van der Waals surface area contributed by atoms with Crippen LogP contribution in [0.3, 0.4) is 0 Å². The molecule has 0 radical (unpaired) electrons. The Labute approximate surface area is 258 Å². The van der Waals surface area contributed by atoms with E-state index in [0.29, 0.717) is 49.4 Å². The highest BCUT2D eigenvalue weighted by molar-refractivity contribution is 7.91. The molecule has 2 aliphatic rings. The number of hydrogen-bond acceptors (Lipinski definition) is 7. The van der Waals surface area contributed by atoms with Gasteiger partial charge in [-0.05, 0) is 89.5 Å². The van der Waals surface area contributed by atoms with Crippen LogP contribution in [0.25, 0.3) is 0 Å². The standard InChI is InChI=1S/C29H42ClN5O7S/c1-29(2,3)42-28(39)32-23(27(38)35-17-9-12-24(35)25(31)36)11-8-6-4-5-7-10-19-18-22(19)26(37)34-43(40,41)33-21-15-13-20(30)14-16-21/h7,10,13-16,19,22-24,33H,4-6,8-9,11-12,17-18H2,1-3H3,(H2,31,36)(H,32,39)(H,34,37)/b10-7-/t19?,22-,23-,24-/m0/s1. The molecule has 0 spiro atoms. The number of carbonyl (C=O) groups is 4. The third-order valence-electron chi connectivity index (χ3n) is 7.11. The van der Waals surface area contributed by atoms with E-state index in [4.69, 9.17) is 22.1 Å². The quantitative estimate of drug-likeness (QED) is 0.177. The molecule has 3 rings (SSSR count). The molecule has 1 aliphatic heterocycles. The lowest BCUT2D eigenvalue weighted by Gasteiger charge is -2.28. The maximum absolute atomic E-state index is 13.2. The van der Waals surface area contributed by atoms with Gasteiger partial charge in [-0.15, -0.1) is 0 Å². The Morgan fingerprint density at radius 2 is 1.84 bits per heavy atom. The minimum Gasteiger partial charge on any atom is -0.444 e. The van der Waals surface area contributed by atoms with E-state index < -0.39 is 51.7 Å². The van der Waals surface area contributed by atoms with Crippen molar-refractivity contribution in [2.75, 3.05) is 11.3 Å². The predicted molar refractivity (Wildman–Crippen MR) is 163 cm³/mol. The number of allylic oxidation sites excluding steroid dienone is 2. The van der Waals surface area contributed by atoms with E-state index in [1.165, 1.54) is 29.2 Å². The fourth-order valence-corrected chi connectivity index (χ4v) is 5.97. The molecule has 1 aliphatic carbocycles. The molecule has 5 N–H and O–H groups in total. The Balaban J connectivity index is 1.40. The van der Waals surface area contributed by atoms with E-state index in [1.54, 1.807) is 20.8 Å². The molecule has 0 aromatic heterocycles. The fourth-order valence-electron chi connectivity index (χ4n) is 4.93. The molecule has 1 aromatic rings. The summed E-state index contributed by atoms with van der Waals surface area (Å²) in [5.74, 6) is -1.88. The number of anilines is 1. The van der Waals surface area contributed by atoms with Gasteiger partial charge >= 0.3 is 16.3 Å². The first kappa shape index (κ1) is 34.2. The number of likely N-dealkylation sites (tertiary alicyclic amines) is 1. The van der Waals surface area contributed by atoms with E-state index in [1.807, 2.05) is 12.2 Å². The van der Waals surface area contributed by atoms with Crippen molar-refractivity contribution in [3.05, 3.63) is 41.4 Å². The maximum atomic E-state index is 13.2. The largest absolute Gasteiger partial charge is 0.444 e. The average molecular weight is 640 g/mol. The van der Waals surface area contributed by atoms with E-state index >= 15 is 0 Å². The van der Waals surface area contributed by atoms with Gasteiger partial charge in [0.1, 0.15) is 17.7 Å². The van der Waals surface area contributed by atoms with Crippen molar-refractivity contribution in [1.82, 2.24) is 14.9 Å². The number of ether oxygens (including phenoxy) is 1. The molecule has 1 aromatic carbocycles. The summed E-state index contributed by atoms with van der Waals surface area (Å²) in [7, 11) is -4.05. The van der Waals surface area contributed by atoms with Gasteiger partial charge < -0.3 is 20.7 Å². The third kappa shape index (κ3) is 11.4. The number of unbranched alkanes of at least 4 members (excludes halogenated alkanes) is 3. The molecule has 2 fully saturated rings. The highest BCUT2D eigenvalue weighted by Gasteiger charge is 2.42. The molecule has 1 unspecified atom stereocenters. The zero-order valence-corrected chi connectivity index (χ0v) is 26.4. The molecule has 12 nitrogen and oxygen atoms in total. The van der Waals surface area contributed by atoms with Gasteiger partial charge in [0.25, 0.3) is 0 Å². The number of nitrogens with two attached hydrogens (primary N) is 1. The van der Waals surface area contributed by atoms with Crippen LogP contribution in [-0.4, -0.2) is 61.4 Å². The van der Waals surface area contributed by atoms with Gasteiger partial charge in [0.15, 0.2) is 0 Å². The van der Waals surface area contributed by atoms with Gasteiger partial charge in [-0.1, -0.05) is 36.6 Å². The van der Waals surface area contributed by atoms with Crippen molar-refractivity contribution >= 4 is 51.3 Å². The number of halogens is 1. The molecule has 43 heavy (non-hydrogen) atoms. The van der Waals surface area contributed by atoms with Gasteiger partial charge in [0, 0.05) is 17.5 Å². The number of primary amides is 1. The molecule has 4 atom stereocenters. The first-order valence-electron chi connectivity index (χ1n) is 14.5. The van der Waals surface area contributed by atoms with Crippen LogP contribution < -0.4 is 20.5 Å². The number of alkyl carbamates (subject to hydrolysis) is 1. The summed E-state index contributed by atoms with van der Waals surface area (Å²) in [6.07, 6.45) is 8.34. The van der Waals surface area contributed by atoms with E-state index in [-0.39, 0.29) is 11.8 Å². The van der Waals surface area contributed by atoms with E-state index in [0.717, 1.165) is 19.3 Å². The van der Waals surface area contributed by atoms with Crippen molar-refractivity contribution < 1.29 is 32.3 Å². The second-order valence-electron chi connectivity index (χ2n) is 11.9. The van der Waals surface area contributed by atoms with Crippen LogP contribution in [0.1, 0.15) is 72.1 Å². The monoisotopic (exact) mass is 639 g/mol. The second kappa shape index (κ2) is 14.9. The Morgan fingerprint density at radius 3 is 2.49 bits per heavy atom. The number of rotatable bonds is 14. The lowest BCUT2D eigenvalue weighted by molar-refractivity contribution is -0.139. The Kier molecular flexibility index (Phi) is 11.9. The molecule has 238 valence electrons. The van der Waals surface area contributed by atoms with Crippen LogP contribution in [0.4, 0.5) is 10.5 Å². The molecule has 0 bridgehead atoms. The predicted octanol–water partition coefficient (Wildman–Crippen LogP) is 3.63. The topological polar surface area (TPSA) is 177 Å². The summed E-state index contributed by atoms with van der Waals surface area (Å²) in [5, 5.41) is 3.14. The van der Waals surface area contributed by atoms with Crippen LogP contribution in [0.5, 0.6) is 0 Å². The lowest BCUT2D eigenvalue weighted by atomic mass is 10.0. The summed E-state index contributed by atoms with van der Waals surface area (Å²) < 4.78 is 34.2. The van der Waals surface area contributed by atoms with Gasteiger partial charge in [-0.2, -0.15) is 8.42 Å². The molecular formula is C29H42ClN5O7S. The van der Waals surface area contributed by atoms with E-state index in [2.05, 4.69) is 14.8 Å². The van der Waals surface area contributed by atoms with Gasteiger partial charge in [0.2, 0.25) is 17.7 Å². The highest BCUT2D eigenvalue weighted by Crippen LogP contribution is 2.40. The zero-order valence-electron chi connectivity index (χ0n) is 24.8. The smallest absolute Gasteiger partial charge is 0.408 e. The van der Waals surface area contributed by atoms with E-state index in [9.17, 15) is 27.6 Å². The third-order valence-corrected chi connectivity index (χ3v) is 8.33. The Bertz CT molecular complexity index is 1300. The average Bonchev–Trinajstić information content (AvgIpc) is 3.50. The molecule has 1 saturated heterocycles. The van der Waals surface area contributed by atoms with Crippen molar-refractivity contribution in [3.63, 3.8) is 0 Å². The molecule has 14 heteroatoms. The first-order valence-corrected chi connectivity index (χ1v) is 16.4. The van der Waals surface area contributed by atoms with Crippen molar-refractivity contribution in [2.24, 2.45) is 17.6 Å². The van der Waals surface area contributed by atoms with Crippen LogP contribution >= 0.6 is 11.6 Å². The minimum atomic E-state index is -4.05. The van der Waals surface area contributed by atoms with Gasteiger partial charge in [0.05, 0.1) is 5.69 Å². The minimum absolute atomic E-state index is 0.0237. The molecule has 1 heterocycles. The number of amides is 4. The fraction of sp³-hybridized carbons (Fsp3) is 0.586. The number of carbonyl (C=O) groups excluding carboxylic acids is 4. The molecular weight excluding hydrogens is 598 g/mol. The van der Waals surface area contributed by atoms with Crippen molar-refractivity contribution in [3.8, 4) is 0 Å². The van der Waals surface area contributed by atoms with Crippen LogP contribution in [0, 0.1) is 11.8 Å². The van der Waals surface area contributed by atoms with Crippen LogP contribution in [0.2, 0.25) is 5.02 Å². The van der Waals surface area contributed by atoms with Gasteiger partial charge in [-0.3, -0.25) is 19.1 Å². The normalized spacial score (nSPS) is 20.8. The second-order valence-corrected chi connectivity index (χ2v) is 13.8. The summed E-state index contributed by atoms with van der Waals surface area (Å²) >= 11 is 5.80. The maximum Gasteiger partial charge on any atom is 0.408 e. The van der Waals surface area contributed by atoms with Crippen molar-refractivity contribution in [1.29, 1.82) is 0 Å². The van der Waals surface area contributed by atoms with Crippen molar-refractivity contribution in [2.45, 2.75) is 89.8 Å². The highest BCUT2D eigenvalue weighted by atomic mass is 35.5. The van der Waals surface area contributed by atoms with Gasteiger partial charge in [-0.25, -0.2) is 9.52 Å². The summed E-state index contributed by atoms with van der Waals surface area (Å²) in [5.41, 5.74) is 5.05. The van der Waals surface area contributed by atoms with Crippen LogP contribution in [0.15, 0.2) is 36.4 Å². The molecule has 4 amide bonds. The summed E-state index contributed by atoms with van der Waals surface area (Å²) in [6, 6.07) is 4.57. The first-order chi connectivity index (χ1) is 20.1. The lowest BCUT2D eigenvalue weighted by Crippen LogP contribution is -2.53. The zero-order chi connectivity index (χ0) is 31.8. The Morgan fingerprint density at radius 1 is 1.14 bits per heavy atom. The number of hydrogen-bond donors (Lipinski definition) is 4. The number of benzene rings is 1. The number of nitrogens with one attached hydrogen (secondary N) is 3. The Hall–Kier alpha value is -3.32. The summed E-state index contributed by atoms with van der Waals surface area (Å²) in [6.45, 7) is 5.62. The SMILES string of the molecule is CC(C)(C)OC(=O)N[C@@H](CCCCC/C=C\C1C[C@@H]1C(=O)NS(=O)(=O)Nc1ccc(Cl)cc1)C(=O)N1CCC[C@H]1C(N)=O. The summed E-state index contributed by atoms with van der Waals surface area (Å²) in [4.78, 5) is 51.3. The number of nitrogens with zero attached hydrogens (tertiary/aromatic N) is 1. The molecule has 1 saturated carbocycles.